The van der Waals surface area contributed by atoms with Crippen molar-refractivity contribution in [2.24, 2.45) is 0 Å². The highest BCUT2D eigenvalue weighted by Gasteiger charge is 2.24. The van der Waals surface area contributed by atoms with Crippen LogP contribution in [0.3, 0.4) is 0 Å². The minimum absolute atomic E-state index is 0.313. The van der Waals surface area contributed by atoms with Gasteiger partial charge in [-0.25, -0.2) is 5.01 Å². The van der Waals surface area contributed by atoms with Crippen LogP contribution in [-0.4, -0.2) is 41.5 Å². The molecule has 0 spiro atoms. The summed E-state index contributed by atoms with van der Waals surface area (Å²) in [7, 11) is 0. The second-order valence-electron chi connectivity index (χ2n) is 5.68. The lowest BCUT2D eigenvalue weighted by atomic mass is 10.00. The quantitative estimate of drug-likeness (QED) is 0.837. The molecule has 0 amide bonds. The zero-order chi connectivity index (χ0) is 14.4. The Bertz CT molecular complexity index is 375. The Kier molecular flexibility index (Phi) is 5.83. The lowest BCUT2D eigenvalue weighted by Gasteiger charge is -2.39. The van der Waals surface area contributed by atoms with Crippen molar-refractivity contribution in [3.05, 3.63) is 30.3 Å². The lowest BCUT2D eigenvalue weighted by Crippen LogP contribution is -2.54. The molecule has 4 nitrogen and oxygen atoms in total. The van der Waals surface area contributed by atoms with Crippen molar-refractivity contribution in [3.8, 4) is 5.75 Å². The first kappa shape index (κ1) is 15.3. The van der Waals surface area contributed by atoms with Gasteiger partial charge in [0, 0.05) is 18.6 Å². The number of hydrogen-bond donors (Lipinski definition) is 2. The highest BCUT2D eigenvalue weighted by Crippen LogP contribution is 2.20. The van der Waals surface area contributed by atoms with Crippen LogP contribution in [0.5, 0.6) is 5.75 Å². The van der Waals surface area contributed by atoms with Crippen LogP contribution in [0.15, 0.2) is 30.3 Å². The molecule has 0 radical (unpaired) electrons. The van der Waals surface area contributed by atoms with Gasteiger partial charge >= 0.3 is 0 Å². The van der Waals surface area contributed by atoms with Gasteiger partial charge < -0.3 is 9.84 Å². The highest BCUT2D eigenvalue weighted by atomic mass is 16.5. The predicted molar refractivity (Wildman–Crippen MR) is 80.6 cm³/mol. The maximum atomic E-state index is 10.00. The largest absolute Gasteiger partial charge is 0.491 e. The van der Waals surface area contributed by atoms with Crippen LogP contribution in [-0.2, 0) is 0 Å². The molecule has 0 bridgehead atoms. The summed E-state index contributed by atoms with van der Waals surface area (Å²) in [5.41, 5.74) is 3.36. The van der Waals surface area contributed by atoms with Crippen LogP contribution in [0, 0.1) is 0 Å². The fourth-order valence-electron chi connectivity index (χ4n) is 2.71. The van der Waals surface area contributed by atoms with E-state index in [1.807, 2.05) is 30.3 Å². The van der Waals surface area contributed by atoms with Gasteiger partial charge in [0.1, 0.15) is 18.5 Å². The van der Waals surface area contributed by atoms with Crippen LogP contribution < -0.4 is 10.2 Å². The lowest BCUT2D eigenvalue weighted by molar-refractivity contribution is 0.0171. The molecule has 0 saturated carbocycles. The number of aliphatic hydroxyl groups is 1. The van der Waals surface area contributed by atoms with Gasteiger partial charge in [-0.2, -0.15) is 0 Å². The van der Waals surface area contributed by atoms with E-state index in [0.717, 1.165) is 5.75 Å². The van der Waals surface area contributed by atoms with E-state index >= 15 is 0 Å². The number of benzene rings is 1. The Morgan fingerprint density at radius 1 is 1.25 bits per heavy atom. The minimum Gasteiger partial charge on any atom is -0.491 e. The molecule has 2 N–H and O–H groups in total. The van der Waals surface area contributed by atoms with Gasteiger partial charge in [-0.05, 0) is 38.8 Å². The molecule has 1 fully saturated rings. The SMILES string of the molecule is CC1CCCC(C)N1NCC(O)COc1ccccc1. The molecule has 1 heterocycles. The third-order valence-electron chi connectivity index (χ3n) is 3.89. The van der Waals surface area contributed by atoms with Crippen molar-refractivity contribution >= 4 is 0 Å². The fourth-order valence-corrected chi connectivity index (χ4v) is 2.71. The third-order valence-corrected chi connectivity index (χ3v) is 3.89. The van der Waals surface area contributed by atoms with Crippen molar-refractivity contribution in [1.29, 1.82) is 0 Å². The normalized spacial score (nSPS) is 25.4. The van der Waals surface area contributed by atoms with E-state index in [2.05, 4.69) is 24.3 Å². The van der Waals surface area contributed by atoms with Gasteiger partial charge in [0.05, 0.1) is 0 Å². The van der Waals surface area contributed by atoms with E-state index in [1.165, 1.54) is 19.3 Å². The van der Waals surface area contributed by atoms with Crippen LogP contribution in [0.2, 0.25) is 0 Å². The first-order valence-electron chi connectivity index (χ1n) is 7.54. The summed E-state index contributed by atoms with van der Waals surface area (Å²) in [6, 6.07) is 10.7. The van der Waals surface area contributed by atoms with Gasteiger partial charge in [0.15, 0.2) is 0 Å². The fraction of sp³-hybridized carbons (Fsp3) is 0.625. The molecule has 1 aromatic carbocycles. The molecule has 0 aliphatic carbocycles. The second kappa shape index (κ2) is 7.62. The van der Waals surface area contributed by atoms with Crippen molar-refractivity contribution < 1.29 is 9.84 Å². The van der Waals surface area contributed by atoms with E-state index in [-0.39, 0.29) is 0 Å². The number of nitrogens with one attached hydrogen (secondary N) is 1. The number of hydrazine groups is 1. The standard InChI is InChI=1S/C16H26N2O2/c1-13-7-6-8-14(2)18(13)17-11-15(19)12-20-16-9-4-3-5-10-16/h3-5,9-10,13-15,17,19H,6-8,11-12H2,1-2H3. The Labute approximate surface area is 121 Å². The molecule has 20 heavy (non-hydrogen) atoms. The topological polar surface area (TPSA) is 44.7 Å². The van der Waals surface area contributed by atoms with Gasteiger partial charge in [-0.15, -0.1) is 0 Å². The van der Waals surface area contributed by atoms with Crippen molar-refractivity contribution in [1.82, 2.24) is 10.4 Å². The molecule has 3 unspecified atom stereocenters. The molecule has 0 aromatic heterocycles. The van der Waals surface area contributed by atoms with Gasteiger partial charge in [0.2, 0.25) is 0 Å². The molecule has 1 saturated heterocycles. The minimum atomic E-state index is -0.503. The Morgan fingerprint density at radius 2 is 1.90 bits per heavy atom. The number of ether oxygens (including phenoxy) is 1. The van der Waals surface area contributed by atoms with Crippen molar-refractivity contribution in [2.75, 3.05) is 13.2 Å². The van der Waals surface area contributed by atoms with Gasteiger partial charge in [-0.3, -0.25) is 5.43 Å². The smallest absolute Gasteiger partial charge is 0.119 e. The van der Waals surface area contributed by atoms with Crippen LogP contribution >= 0.6 is 0 Å². The molecular formula is C16H26N2O2. The number of para-hydroxylation sites is 1. The maximum Gasteiger partial charge on any atom is 0.119 e. The molecule has 1 aliphatic rings. The molecule has 3 atom stereocenters. The van der Waals surface area contributed by atoms with E-state index in [0.29, 0.717) is 25.2 Å². The van der Waals surface area contributed by atoms with E-state index in [4.69, 9.17) is 4.74 Å². The summed E-state index contributed by atoms with van der Waals surface area (Å²) in [4.78, 5) is 0. The molecule has 1 aliphatic heterocycles. The Morgan fingerprint density at radius 3 is 2.55 bits per heavy atom. The average Bonchev–Trinajstić information content (AvgIpc) is 2.46. The first-order chi connectivity index (χ1) is 9.66. The van der Waals surface area contributed by atoms with Gasteiger partial charge in [0.25, 0.3) is 0 Å². The van der Waals surface area contributed by atoms with Crippen LogP contribution in [0.1, 0.15) is 33.1 Å². The number of nitrogens with zero attached hydrogens (tertiary/aromatic N) is 1. The summed E-state index contributed by atoms with van der Waals surface area (Å²) in [5, 5.41) is 12.3. The molecular weight excluding hydrogens is 252 g/mol. The maximum absolute atomic E-state index is 10.00. The summed E-state index contributed by atoms with van der Waals surface area (Å²) < 4.78 is 5.55. The molecule has 1 aromatic rings. The Balaban J connectivity index is 1.70. The average molecular weight is 278 g/mol. The zero-order valence-corrected chi connectivity index (χ0v) is 12.5. The number of rotatable bonds is 6. The second-order valence-corrected chi connectivity index (χ2v) is 5.68. The molecule has 112 valence electrons. The summed E-state index contributed by atoms with van der Waals surface area (Å²) in [6.45, 7) is 5.31. The van der Waals surface area contributed by atoms with E-state index < -0.39 is 6.10 Å². The number of aliphatic hydroxyl groups excluding tert-OH is 1. The summed E-state index contributed by atoms with van der Waals surface area (Å²) >= 11 is 0. The molecule has 2 rings (SSSR count). The van der Waals surface area contributed by atoms with Gasteiger partial charge in [-0.1, -0.05) is 24.6 Å². The van der Waals surface area contributed by atoms with Crippen molar-refractivity contribution in [2.45, 2.75) is 51.3 Å². The number of hydrogen-bond acceptors (Lipinski definition) is 4. The van der Waals surface area contributed by atoms with Crippen molar-refractivity contribution in [3.63, 3.8) is 0 Å². The monoisotopic (exact) mass is 278 g/mol. The summed E-state index contributed by atoms with van der Waals surface area (Å²) in [6.07, 6.45) is 3.22. The first-order valence-corrected chi connectivity index (χ1v) is 7.54. The van der Waals surface area contributed by atoms with Crippen LogP contribution in [0.4, 0.5) is 0 Å². The predicted octanol–water partition coefficient (Wildman–Crippen LogP) is 2.19. The van der Waals surface area contributed by atoms with E-state index in [1.54, 1.807) is 0 Å². The van der Waals surface area contributed by atoms with Crippen LogP contribution in [0.25, 0.3) is 0 Å². The zero-order valence-electron chi connectivity index (χ0n) is 12.5. The summed E-state index contributed by atoms with van der Waals surface area (Å²) in [5.74, 6) is 0.797. The third kappa shape index (κ3) is 4.47. The van der Waals surface area contributed by atoms with E-state index in [9.17, 15) is 5.11 Å². The Hall–Kier alpha value is -1.10. The number of piperidine rings is 1. The molecule has 4 heteroatoms. The highest BCUT2D eigenvalue weighted by molar-refractivity contribution is 5.20.